The zero-order valence-corrected chi connectivity index (χ0v) is 23.2. The minimum Gasteiger partial charge on any atom is -0.493 e. The third-order valence-corrected chi connectivity index (χ3v) is 8.00. The summed E-state index contributed by atoms with van der Waals surface area (Å²) in [5, 5.41) is 5.99. The number of ether oxygens (including phenoxy) is 2. The van der Waals surface area contributed by atoms with E-state index in [0.717, 1.165) is 16.7 Å². The maximum atomic E-state index is 13.9. The fraction of sp³-hybridized carbons (Fsp3) is 0.167. The molecule has 1 amide bonds. The van der Waals surface area contributed by atoms with E-state index in [0.29, 0.717) is 45.5 Å². The predicted octanol–water partition coefficient (Wildman–Crippen LogP) is 5.58. The summed E-state index contributed by atoms with van der Waals surface area (Å²) >= 11 is 2.69. The lowest BCUT2D eigenvalue weighted by Gasteiger charge is -2.13. The quantitative estimate of drug-likeness (QED) is 0.178. The van der Waals surface area contributed by atoms with E-state index in [-0.39, 0.29) is 17.2 Å². The molecule has 198 valence electrons. The Hall–Kier alpha value is -4.08. The van der Waals surface area contributed by atoms with Gasteiger partial charge >= 0.3 is 0 Å². The van der Waals surface area contributed by atoms with E-state index in [1.807, 2.05) is 84.2 Å². The van der Waals surface area contributed by atoms with E-state index in [1.165, 1.54) is 23.1 Å². The van der Waals surface area contributed by atoms with E-state index in [2.05, 4.69) is 5.32 Å². The summed E-state index contributed by atoms with van der Waals surface area (Å²) in [4.78, 5) is 32.1. The van der Waals surface area contributed by atoms with Crippen molar-refractivity contribution in [1.29, 1.82) is 0 Å². The minimum absolute atomic E-state index is 0.133. The van der Waals surface area contributed by atoms with Crippen LogP contribution in [0.4, 0.5) is 0 Å². The van der Waals surface area contributed by atoms with Crippen LogP contribution in [-0.4, -0.2) is 42.0 Å². The first-order valence-electron chi connectivity index (χ1n) is 12.3. The first kappa shape index (κ1) is 26.5. The van der Waals surface area contributed by atoms with Gasteiger partial charge in [-0.2, -0.15) is 0 Å². The highest BCUT2D eigenvalue weighted by atomic mass is 32.2. The number of thioether (sulfide) groups is 1. The highest BCUT2D eigenvalue weighted by Crippen LogP contribution is 2.33. The van der Waals surface area contributed by atoms with Gasteiger partial charge in [-0.15, -0.1) is 11.3 Å². The average molecular weight is 558 g/mol. The van der Waals surface area contributed by atoms with Gasteiger partial charge in [0.05, 0.1) is 31.0 Å². The second kappa shape index (κ2) is 12.2. The lowest BCUT2D eigenvalue weighted by molar-refractivity contribution is -0.118. The maximum absolute atomic E-state index is 13.9. The average Bonchev–Trinajstić information content (AvgIpc) is 3.41. The van der Waals surface area contributed by atoms with Gasteiger partial charge in [-0.3, -0.25) is 14.2 Å². The number of fused-ring (bicyclic) bond motifs is 1. The van der Waals surface area contributed by atoms with Crippen molar-refractivity contribution in [3.05, 3.63) is 100 Å². The van der Waals surface area contributed by atoms with E-state index in [4.69, 9.17) is 14.5 Å². The van der Waals surface area contributed by atoms with Gasteiger partial charge in [-0.1, -0.05) is 66.4 Å². The zero-order chi connectivity index (χ0) is 27.2. The summed E-state index contributed by atoms with van der Waals surface area (Å²) in [6.45, 7) is 0.470. The summed E-state index contributed by atoms with van der Waals surface area (Å²) in [6.07, 6.45) is 0.646. The fourth-order valence-corrected chi connectivity index (χ4v) is 6.10. The monoisotopic (exact) mass is 557 g/mol. The second-order valence-corrected chi connectivity index (χ2v) is 10.4. The van der Waals surface area contributed by atoms with Crippen molar-refractivity contribution in [2.75, 3.05) is 26.5 Å². The van der Waals surface area contributed by atoms with Gasteiger partial charge in [-0.05, 0) is 41.8 Å². The molecule has 0 aliphatic heterocycles. The van der Waals surface area contributed by atoms with E-state index >= 15 is 0 Å². The number of amides is 1. The first-order valence-corrected chi connectivity index (χ1v) is 14.2. The SMILES string of the molecule is COc1ccc(CCNC(=O)CSc2nc3scc(-c4ccccc4)c3c(=O)n2-c2ccccc2)cc1OC. The van der Waals surface area contributed by atoms with E-state index in [9.17, 15) is 9.59 Å². The molecular weight excluding hydrogens is 530 g/mol. The van der Waals surface area contributed by atoms with Crippen LogP contribution in [0.15, 0.2) is 94.2 Å². The van der Waals surface area contributed by atoms with Crippen molar-refractivity contribution in [1.82, 2.24) is 14.9 Å². The lowest BCUT2D eigenvalue weighted by atomic mass is 10.1. The van der Waals surface area contributed by atoms with Crippen LogP contribution in [-0.2, 0) is 11.2 Å². The molecule has 5 aromatic rings. The molecule has 1 N–H and O–H groups in total. The van der Waals surface area contributed by atoms with Crippen molar-refractivity contribution in [3.63, 3.8) is 0 Å². The predicted molar refractivity (Wildman–Crippen MR) is 158 cm³/mol. The Kier molecular flexibility index (Phi) is 8.29. The Labute approximate surface area is 234 Å². The lowest BCUT2D eigenvalue weighted by Crippen LogP contribution is -2.28. The number of benzene rings is 3. The Morgan fingerprint density at radius 1 is 0.974 bits per heavy atom. The van der Waals surface area contributed by atoms with E-state index < -0.39 is 0 Å². The molecule has 0 aliphatic rings. The third-order valence-electron chi connectivity index (χ3n) is 6.19. The van der Waals surface area contributed by atoms with Crippen molar-refractivity contribution in [2.45, 2.75) is 11.6 Å². The smallest absolute Gasteiger partial charge is 0.268 e. The number of para-hydroxylation sites is 1. The summed E-state index contributed by atoms with van der Waals surface area (Å²) in [5.74, 6) is 1.32. The number of thiophene rings is 1. The van der Waals surface area contributed by atoms with Gasteiger partial charge in [0.15, 0.2) is 16.7 Å². The highest BCUT2D eigenvalue weighted by molar-refractivity contribution is 7.99. The molecule has 0 saturated carbocycles. The normalized spacial score (nSPS) is 10.9. The number of carbonyl (C=O) groups excluding carboxylic acids is 1. The van der Waals surface area contributed by atoms with Gasteiger partial charge in [0.1, 0.15) is 4.83 Å². The standard InChI is InChI=1S/C30H27N3O4S2/c1-36-24-14-13-20(17-25(24)37-2)15-16-31-26(34)19-39-30-32-28-27(23(18-38-28)21-9-5-3-6-10-21)29(35)33(30)22-11-7-4-8-12-22/h3-14,17-18H,15-16,19H2,1-2H3,(H,31,34). The molecular formula is C30H27N3O4S2. The molecule has 0 atom stereocenters. The summed E-state index contributed by atoms with van der Waals surface area (Å²) < 4.78 is 12.2. The van der Waals surface area contributed by atoms with Crippen molar-refractivity contribution in [2.24, 2.45) is 0 Å². The summed E-state index contributed by atoms with van der Waals surface area (Å²) in [5.41, 5.74) is 3.41. The van der Waals surface area contributed by atoms with Crippen LogP contribution >= 0.6 is 23.1 Å². The minimum atomic E-state index is -0.150. The number of hydrogen-bond donors (Lipinski definition) is 1. The molecule has 7 nitrogen and oxygen atoms in total. The van der Waals surface area contributed by atoms with Crippen LogP contribution < -0.4 is 20.3 Å². The second-order valence-electron chi connectivity index (χ2n) is 8.64. The van der Waals surface area contributed by atoms with E-state index in [1.54, 1.807) is 18.8 Å². The molecule has 0 bridgehead atoms. The highest BCUT2D eigenvalue weighted by Gasteiger charge is 2.19. The van der Waals surface area contributed by atoms with Crippen LogP contribution in [0.5, 0.6) is 11.5 Å². The first-order chi connectivity index (χ1) is 19.1. The van der Waals surface area contributed by atoms with Gasteiger partial charge in [0.25, 0.3) is 5.56 Å². The molecule has 0 aliphatic carbocycles. The number of methoxy groups -OCH3 is 2. The van der Waals surface area contributed by atoms with Crippen LogP contribution in [0.25, 0.3) is 27.0 Å². The topological polar surface area (TPSA) is 82.5 Å². The molecule has 0 radical (unpaired) electrons. The number of hydrogen-bond acceptors (Lipinski definition) is 7. The van der Waals surface area contributed by atoms with Gasteiger partial charge in [0, 0.05) is 17.5 Å². The Balaban J connectivity index is 1.35. The van der Waals surface area contributed by atoms with Crippen LogP contribution in [0.3, 0.4) is 0 Å². The molecule has 0 spiro atoms. The Morgan fingerprint density at radius 3 is 2.41 bits per heavy atom. The van der Waals surface area contributed by atoms with Crippen molar-refractivity contribution < 1.29 is 14.3 Å². The Morgan fingerprint density at radius 2 is 1.69 bits per heavy atom. The van der Waals surface area contributed by atoms with Gasteiger partial charge in [0.2, 0.25) is 5.91 Å². The molecule has 5 rings (SSSR count). The van der Waals surface area contributed by atoms with Gasteiger partial charge in [-0.25, -0.2) is 4.98 Å². The number of rotatable bonds is 10. The fourth-order valence-electron chi connectivity index (χ4n) is 4.27. The van der Waals surface area contributed by atoms with Gasteiger partial charge < -0.3 is 14.8 Å². The Bertz CT molecular complexity index is 1650. The summed E-state index contributed by atoms with van der Waals surface area (Å²) in [7, 11) is 3.19. The van der Waals surface area contributed by atoms with Crippen LogP contribution in [0.1, 0.15) is 5.56 Å². The molecule has 0 saturated heterocycles. The largest absolute Gasteiger partial charge is 0.493 e. The molecule has 3 aromatic carbocycles. The summed E-state index contributed by atoms with van der Waals surface area (Å²) in [6, 6.07) is 25.0. The maximum Gasteiger partial charge on any atom is 0.268 e. The molecule has 2 heterocycles. The van der Waals surface area contributed by atoms with Crippen molar-refractivity contribution in [3.8, 4) is 28.3 Å². The van der Waals surface area contributed by atoms with Crippen LogP contribution in [0, 0.1) is 0 Å². The number of nitrogens with zero attached hydrogens (tertiary/aromatic N) is 2. The molecule has 0 unspecified atom stereocenters. The molecule has 9 heteroatoms. The molecule has 39 heavy (non-hydrogen) atoms. The molecule has 0 fully saturated rings. The molecule has 2 aromatic heterocycles. The number of nitrogens with one attached hydrogen (secondary N) is 1. The van der Waals surface area contributed by atoms with Crippen LogP contribution in [0.2, 0.25) is 0 Å². The zero-order valence-electron chi connectivity index (χ0n) is 21.5. The number of aromatic nitrogens is 2. The number of carbonyl (C=O) groups is 1. The third kappa shape index (κ3) is 5.84. The van der Waals surface area contributed by atoms with Crippen molar-refractivity contribution >= 4 is 39.2 Å².